The lowest BCUT2D eigenvalue weighted by molar-refractivity contribution is -0.142. The molecule has 0 bridgehead atoms. The number of hydrogen-bond acceptors (Lipinski definition) is 3. The highest BCUT2D eigenvalue weighted by atomic mass is 35.5. The molecule has 1 fully saturated rings. The second-order valence-electron chi connectivity index (χ2n) is 4.31. The molecule has 2 N–H and O–H groups in total. The summed E-state index contributed by atoms with van der Waals surface area (Å²) in [5, 5.41) is 11.2. The van der Waals surface area contributed by atoms with Crippen molar-refractivity contribution in [1.29, 1.82) is 0 Å². The van der Waals surface area contributed by atoms with Crippen molar-refractivity contribution < 1.29 is 23.8 Å². The van der Waals surface area contributed by atoms with Crippen LogP contribution in [0.2, 0.25) is 10.0 Å². The third kappa shape index (κ3) is 3.03. The fourth-order valence-electron chi connectivity index (χ4n) is 1.88. The Morgan fingerprint density at radius 3 is 2.65 bits per heavy atom. The molecule has 0 aromatic heterocycles. The molecule has 1 amide bonds. The van der Waals surface area contributed by atoms with Gasteiger partial charge in [-0.3, -0.25) is 9.59 Å². The molecular formula is C12H10Cl2FNO4. The van der Waals surface area contributed by atoms with Crippen LogP contribution in [-0.4, -0.2) is 36.2 Å². The lowest BCUT2D eigenvalue weighted by Crippen LogP contribution is -2.42. The van der Waals surface area contributed by atoms with Crippen LogP contribution in [0.5, 0.6) is 0 Å². The second-order valence-corrected chi connectivity index (χ2v) is 5.12. The van der Waals surface area contributed by atoms with Crippen LogP contribution in [0.25, 0.3) is 0 Å². The van der Waals surface area contributed by atoms with Crippen LogP contribution in [-0.2, 0) is 9.53 Å². The van der Waals surface area contributed by atoms with E-state index in [4.69, 9.17) is 33.0 Å². The Kier molecular flexibility index (Phi) is 4.47. The van der Waals surface area contributed by atoms with Gasteiger partial charge >= 0.3 is 5.97 Å². The summed E-state index contributed by atoms with van der Waals surface area (Å²) in [5.41, 5.74) is -0.107. The number of carboxylic acids is 1. The summed E-state index contributed by atoms with van der Waals surface area (Å²) in [5.74, 6) is -3.36. The standard InChI is InChI=1S/C12H10Cl2FNO4/c13-7-2-8(14)9(15)1-5(7)11(17)16-10-4-20-3-6(10)12(18)19/h1-2,6,10H,3-4H2,(H,16,17)(H,18,19). The number of carbonyl (C=O) groups is 2. The van der Waals surface area contributed by atoms with E-state index in [1.54, 1.807) is 0 Å². The summed E-state index contributed by atoms with van der Waals surface area (Å²) in [6.07, 6.45) is 0. The van der Waals surface area contributed by atoms with Crippen molar-refractivity contribution in [3.63, 3.8) is 0 Å². The number of carboxylic acid groups (broad SMARTS) is 1. The first kappa shape index (κ1) is 15.0. The zero-order valence-corrected chi connectivity index (χ0v) is 11.5. The molecule has 1 aliphatic heterocycles. The molecular weight excluding hydrogens is 312 g/mol. The molecule has 0 aliphatic carbocycles. The lowest BCUT2D eigenvalue weighted by atomic mass is 10.0. The van der Waals surface area contributed by atoms with E-state index in [-0.39, 0.29) is 28.8 Å². The molecule has 108 valence electrons. The Bertz CT molecular complexity index is 567. The van der Waals surface area contributed by atoms with Gasteiger partial charge in [-0.05, 0) is 12.1 Å². The predicted molar refractivity (Wildman–Crippen MR) is 69.6 cm³/mol. The number of amides is 1. The molecule has 0 saturated carbocycles. The van der Waals surface area contributed by atoms with Crippen LogP contribution < -0.4 is 5.32 Å². The fraction of sp³-hybridized carbons (Fsp3) is 0.333. The number of ether oxygens (including phenoxy) is 1. The Labute approximate surface area is 123 Å². The van der Waals surface area contributed by atoms with Gasteiger partial charge in [-0.1, -0.05) is 23.2 Å². The summed E-state index contributed by atoms with van der Waals surface area (Å²) in [7, 11) is 0. The maximum atomic E-state index is 13.3. The maximum Gasteiger partial charge on any atom is 0.311 e. The van der Waals surface area contributed by atoms with Crippen LogP contribution in [0.3, 0.4) is 0 Å². The molecule has 1 aromatic carbocycles. The maximum absolute atomic E-state index is 13.3. The van der Waals surface area contributed by atoms with Gasteiger partial charge in [0.2, 0.25) is 0 Å². The lowest BCUT2D eigenvalue weighted by Gasteiger charge is -2.16. The summed E-state index contributed by atoms with van der Waals surface area (Å²) in [6.45, 7) is 0.0966. The molecule has 1 heterocycles. The number of carbonyl (C=O) groups excluding carboxylic acids is 1. The van der Waals surface area contributed by atoms with Gasteiger partial charge < -0.3 is 15.2 Å². The van der Waals surface area contributed by atoms with Gasteiger partial charge in [0, 0.05) is 0 Å². The smallest absolute Gasteiger partial charge is 0.311 e. The van der Waals surface area contributed by atoms with Gasteiger partial charge in [0.05, 0.1) is 34.9 Å². The predicted octanol–water partition coefficient (Wildman–Crippen LogP) is 1.96. The van der Waals surface area contributed by atoms with Crippen molar-refractivity contribution in [2.24, 2.45) is 5.92 Å². The van der Waals surface area contributed by atoms with E-state index in [0.29, 0.717) is 0 Å². The van der Waals surface area contributed by atoms with E-state index in [9.17, 15) is 14.0 Å². The van der Waals surface area contributed by atoms with Crippen molar-refractivity contribution in [2.45, 2.75) is 6.04 Å². The number of hydrogen-bond donors (Lipinski definition) is 2. The topological polar surface area (TPSA) is 75.6 Å². The van der Waals surface area contributed by atoms with E-state index in [1.807, 2.05) is 0 Å². The minimum Gasteiger partial charge on any atom is -0.481 e. The Morgan fingerprint density at radius 1 is 1.30 bits per heavy atom. The SMILES string of the molecule is O=C(NC1COCC1C(=O)O)c1cc(F)c(Cl)cc1Cl. The molecule has 2 rings (SSSR count). The molecule has 2 unspecified atom stereocenters. The molecule has 2 atom stereocenters. The molecule has 0 radical (unpaired) electrons. The minimum atomic E-state index is -1.07. The molecule has 20 heavy (non-hydrogen) atoms. The molecule has 5 nitrogen and oxygen atoms in total. The van der Waals surface area contributed by atoms with Crippen LogP contribution in [0.15, 0.2) is 12.1 Å². The monoisotopic (exact) mass is 321 g/mol. The second kappa shape index (κ2) is 5.95. The van der Waals surface area contributed by atoms with Crippen molar-refractivity contribution in [1.82, 2.24) is 5.32 Å². The number of halogens is 3. The van der Waals surface area contributed by atoms with Gasteiger partial charge in [-0.25, -0.2) is 4.39 Å². The third-order valence-corrected chi connectivity index (χ3v) is 3.57. The van der Waals surface area contributed by atoms with Crippen molar-refractivity contribution >= 4 is 35.1 Å². The Morgan fingerprint density at radius 2 is 2.00 bits per heavy atom. The van der Waals surface area contributed by atoms with Crippen molar-refractivity contribution in [2.75, 3.05) is 13.2 Å². The minimum absolute atomic E-state index is 0.0142. The van der Waals surface area contributed by atoms with Gasteiger partial charge in [0.25, 0.3) is 5.91 Å². The van der Waals surface area contributed by atoms with Crippen LogP contribution in [0.4, 0.5) is 4.39 Å². The molecule has 1 saturated heterocycles. The zero-order valence-electron chi connectivity index (χ0n) is 10.0. The fourth-order valence-corrected chi connectivity index (χ4v) is 2.35. The van der Waals surface area contributed by atoms with Crippen molar-refractivity contribution in [3.8, 4) is 0 Å². The quantitative estimate of drug-likeness (QED) is 0.834. The van der Waals surface area contributed by atoms with Crippen molar-refractivity contribution in [3.05, 3.63) is 33.6 Å². The summed E-state index contributed by atoms with van der Waals surface area (Å²) < 4.78 is 18.4. The van der Waals surface area contributed by atoms with Gasteiger partial charge in [0.1, 0.15) is 11.7 Å². The molecule has 1 aromatic rings. The van der Waals surface area contributed by atoms with E-state index in [1.165, 1.54) is 0 Å². The average Bonchev–Trinajstić information content (AvgIpc) is 2.81. The summed E-state index contributed by atoms with van der Waals surface area (Å²) in [4.78, 5) is 23.0. The highest BCUT2D eigenvalue weighted by Crippen LogP contribution is 2.25. The first-order chi connectivity index (χ1) is 9.40. The van der Waals surface area contributed by atoms with Gasteiger partial charge in [-0.15, -0.1) is 0 Å². The third-order valence-electron chi connectivity index (χ3n) is 2.97. The van der Waals surface area contributed by atoms with Crippen LogP contribution >= 0.6 is 23.2 Å². The van der Waals surface area contributed by atoms with E-state index in [2.05, 4.69) is 5.32 Å². The van der Waals surface area contributed by atoms with E-state index >= 15 is 0 Å². The van der Waals surface area contributed by atoms with Crippen LogP contribution in [0.1, 0.15) is 10.4 Å². The summed E-state index contributed by atoms with van der Waals surface area (Å²) >= 11 is 11.4. The number of nitrogens with one attached hydrogen (secondary N) is 1. The molecule has 1 aliphatic rings. The average molecular weight is 322 g/mol. The largest absolute Gasteiger partial charge is 0.481 e. The number of benzene rings is 1. The zero-order chi connectivity index (χ0) is 14.9. The van der Waals surface area contributed by atoms with Gasteiger partial charge in [-0.2, -0.15) is 0 Å². The number of aliphatic carboxylic acids is 1. The van der Waals surface area contributed by atoms with E-state index < -0.39 is 29.7 Å². The van der Waals surface area contributed by atoms with Gasteiger partial charge in [0.15, 0.2) is 0 Å². The normalized spacial score (nSPS) is 21.8. The van der Waals surface area contributed by atoms with E-state index in [0.717, 1.165) is 12.1 Å². The molecule has 0 spiro atoms. The Balaban J connectivity index is 2.16. The highest BCUT2D eigenvalue weighted by Gasteiger charge is 2.35. The highest BCUT2D eigenvalue weighted by molar-refractivity contribution is 6.36. The molecule has 8 heteroatoms. The first-order valence-corrected chi connectivity index (χ1v) is 6.41. The Hall–Kier alpha value is -1.37. The summed E-state index contributed by atoms with van der Waals surface area (Å²) in [6, 6.07) is 1.34. The number of rotatable bonds is 3. The van der Waals surface area contributed by atoms with Crippen LogP contribution in [0, 0.1) is 11.7 Å². The first-order valence-electron chi connectivity index (χ1n) is 5.66.